The van der Waals surface area contributed by atoms with E-state index in [-0.39, 0.29) is 12.0 Å². The van der Waals surface area contributed by atoms with Crippen LogP contribution in [0.3, 0.4) is 0 Å². The maximum absolute atomic E-state index is 12.6. The number of nitrogens with zero attached hydrogens (tertiary/aromatic N) is 1. The molecule has 0 saturated carbocycles. The lowest BCUT2D eigenvalue weighted by Gasteiger charge is -2.37. The van der Waals surface area contributed by atoms with Gasteiger partial charge in [0.05, 0.1) is 26.7 Å². The third-order valence-electron chi connectivity index (χ3n) is 5.15. The summed E-state index contributed by atoms with van der Waals surface area (Å²) in [5.41, 5.74) is 0.531. The maximum atomic E-state index is 12.6. The van der Waals surface area contributed by atoms with Crippen molar-refractivity contribution < 1.29 is 28.5 Å². The molecule has 1 saturated heterocycles. The number of nitrogens with one attached hydrogen (secondary N) is 1. The number of amides is 1. The summed E-state index contributed by atoms with van der Waals surface area (Å²) in [6.07, 6.45) is 0.944. The van der Waals surface area contributed by atoms with E-state index in [2.05, 4.69) is 10.2 Å². The molecule has 1 heterocycles. The van der Waals surface area contributed by atoms with E-state index in [1.165, 1.54) is 0 Å². The molecule has 1 N–H and O–H groups in total. The van der Waals surface area contributed by atoms with Gasteiger partial charge in [-0.2, -0.15) is 0 Å². The van der Waals surface area contributed by atoms with Gasteiger partial charge in [0.1, 0.15) is 5.60 Å². The molecule has 1 aliphatic rings. The van der Waals surface area contributed by atoms with Crippen molar-refractivity contribution in [3.05, 3.63) is 23.8 Å². The number of benzene rings is 1. The third kappa shape index (κ3) is 7.61. The van der Waals surface area contributed by atoms with Crippen LogP contribution in [0.25, 0.3) is 0 Å². The number of piperidine rings is 1. The predicted molar refractivity (Wildman–Crippen MR) is 118 cm³/mol. The highest BCUT2D eigenvalue weighted by Gasteiger charge is 2.37. The molecule has 1 fully saturated rings. The largest absolute Gasteiger partial charge is 0.493 e. The second-order valence-electron chi connectivity index (χ2n) is 8.64. The summed E-state index contributed by atoms with van der Waals surface area (Å²) >= 11 is 0. The van der Waals surface area contributed by atoms with E-state index in [4.69, 9.17) is 18.9 Å². The lowest BCUT2D eigenvalue weighted by atomic mass is 9.91. The van der Waals surface area contributed by atoms with Gasteiger partial charge in [-0.05, 0) is 58.2 Å². The van der Waals surface area contributed by atoms with Crippen molar-refractivity contribution in [3.63, 3.8) is 0 Å². The zero-order valence-corrected chi connectivity index (χ0v) is 19.5. The summed E-state index contributed by atoms with van der Waals surface area (Å²) in [4.78, 5) is 27.0. The van der Waals surface area contributed by atoms with Gasteiger partial charge in [0, 0.05) is 25.7 Å². The number of hydrogen-bond donors (Lipinski definition) is 1. The van der Waals surface area contributed by atoms with Gasteiger partial charge in [0.15, 0.2) is 11.5 Å². The van der Waals surface area contributed by atoms with Crippen LogP contribution in [0.1, 0.15) is 39.7 Å². The van der Waals surface area contributed by atoms with Crippen molar-refractivity contribution in [2.24, 2.45) is 5.92 Å². The molecule has 0 aromatic heterocycles. The fourth-order valence-corrected chi connectivity index (χ4v) is 3.67. The molecule has 1 amide bonds. The maximum Gasteiger partial charge on any atom is 0.407 e. The van der Waals surface area contributed by atoms with Crippen molar-refractivity contribution in [2.75, 3.05) is 40.5 Å². The number of alkyl carbamates (subject to hydrolysis) is 1. The van der Waals surface area contributed by atoms with Gasteiger partial charge >= 0.3 is 12.1 Å². The van der Waals surface area contributed by atoms with Gasteiger partial charge in [-0.3, -0.25) is 4.79 Å². The number of carbonyl (C=O) groups excluding carboxylic acids is 2. The molecule has 0 bridgehead atoms. The SMILES string of the molecule is CCOC(=O)[C@H]1CN(CCc2ccc(OC)c(OC)c2)CC[C@@H]1NC(=O)OC(C)(C)C. The highest BCUT2D eigenvalue weighted by Crippen LogP contribution is 2.28. The first kappa shape index (κ1) is 24.8. The van der Waals surface area contributed by atoms with Gasteiger partial charge in [0.25, 0.3) is 0 Å². The Morgan fingerprint density at radius 3 is 2.48 bits per heavy atom. The van der Waals surface area contributed by atoms with Crippen molar-refractivity contribution >= 4 is 12.1 Å². The van der Waals surface area contributed by atoms with Crippen LogP contribution in [-0.4, -0.2) is 69.1 Å². The number of rotatable bonds is 8. The number of carbonyl (C=O) groups is 2. The number of esters is 1. The average molecular weight is 437 g/mol. The van der Waals surface area contributed by atoms with Crippen LogP contribution in [0.2, 0.25) is 0 Å². The Labute approximate surface area is 185 Å². The molecule has 8 nitrogen and oxygen atoms in total. The second kappa shape index (κ2) is 11.2. The Balaban J connectivity index is 2.00. The molecule has 1 aromatic carbocycles. The fourth-order valence-electron chi connectivity index (χ4n) is 3.67. The molecule has 0 spiro atoms. The average Bonchev–Trinajstić information content (AvgIpc) is 2.71. The van der Waals surface area contributed by atoms with E-state index < -0.39 is 17.6 Å². The van der Waals surface area contributed by atoms with Gasteiger partial charge in [-0.1, -0.05) is 6.07 Å². The zero-order chi connectivity index (χ0) is 23.0. The predicted octanol–water partition coefficient (Wildman–Crippen LogP) is 3.02. The number of ether oxygens (including phenoxy) is 4. The van der Waals surface area contributed by atoms with Gasteiger partial charge in [-0.25, -0.2) is 4.79 Å². The Hall–Kier alpha value is -2.48. The molecule has 2 rings (SSSR count). The minimum absolute atomic E-state index is 0.292. The first-order valence-corrected chi connectivity index (χ1v) is 10.8. The molecule has 0 unspecified atom stereocenters. The van der Waals surface area contributed by atoms with Crippen LogP contribution in [0, 0.1) is 5.92 Å². The number of methoxy groups -OCH3 is 2. The normalized spacial score (nSPS) is 19.4. The quantitative estimate of drug-likeness (QED) is 0.627. The Morgan fingerprint density at radius 1 is 1.16 bits per heavy atom. The molecule has 1 aliphatic heterocycles. The molecule has 31 heavy (non-hydrogen) atoms. The standard InChI is InChI=1S/C23H36N2O6/c1-7-30-21(26)17-15-25(13-11-18(17)24-22(27)31-23(2,3)4)12-10-16-8-9-19(28-5)20(14-16)29-6/h8-9,14,17-18H,7,10-13,15H2,1-6H3,(H,24,27)/t17-,18-/m0/s1. The lowest BCUT2D eigenvalue weighted by molar-refractivity contribution is -0.151. The summed E-state index contributed by atoms with van der Waals surface area (Å²) in [6.45, 7) is 9.59. The monoisotopic (exact) mass is 436 g/mol. The van der Waals surface area contributed by atoms with E-state index >= 15 is 0 Å². The van der Waals surface area contributed by atoms with E-state index in [0.717, 1.165) is 25.1 Å². The minimum Gasteiger partial charge on any atom is -0.493 e. The molecule has 0 radical (unpaired) electrons. The van der Waals surface area contributed by atoms with Crippen LogP contribution in [0.15, 0.2) is 18.2 Å². The van der Waals surface area contributed by atoms with Crippen LogP contribution in [0.4, 0.5) is 4.79 Å². The molecule has 174 valence electrons. The second-order valence-corrected chi connectivity index (χ2v) is 8.64. The Morgan fingerprint density at radius 2 is 1.87 bits per heavy atom. The molecule has 2 atom stereocenters. The van der Waals surface area contributed by atoms with Gasteiger partial charge in [-0.15, -0.1) is 0 Å². The van der Waals surface area contributed by atoms with E-state index in [1.54, 1.807) is 21.1 Å². The van der Waals surface area contributed by atoms with Crippen molar-refractivity contribution in [3.8, 4) is 11.5 Å². The molecule has 8 heteroatoms. The molecule has 1 aromatic rings. The third-order valence-corrected chi connectivity index (χ3v) is 5.15. The van der Waals surface area contributed by atoms with Crippen LogP contribution in [0.5, 0.6) is 11.5 Å². The highest BCUT2D eigenvalue weighted by molar-refractivity contribution is 5.75. The van der Waals surface area contributed by atoms with E-state index in [0.29, 0.717) is 31.1 Å². The fraction of sp³-hybridized carbons (Fsp3) is 0.652. The number of hydrogen-bond acceptors (Lipinski definition) is 7. The molecule has 0 aliphatic carbocycles. The van der Waals surface area contributed by atoms with Gasteiger partial charge < -0.3 is 29.2 Å². The van der Waals surface area contributed by atoms with E-state index in [9.17, 15) is 9.59 Å². The summed E-state index contributed by atoms with van der Waals surface area (Å²) in [5.74, 6) is 0.665. The first-order valence-electron chi connectivity index (χ1n) is 10.8. The van der Waals surface area contributed by atoms with Crippen LogP contribution < -0.4 is 14.8 Å². The summed E-state index contributed by atoms with van der Waals surface area (Å²) in [7, 11) is 3.23. The van der Waals surface area contributed by atoms with Crippen molar-refractivity contribution in [2.45, 2.75) is 52.2 Å². The smallest absolute Gasteiger partial charge is 0.407 e. The summed E-state index contributed by atoms with van der Waals surface area (Å²) < 4.78 is 21.3. The molecular formula is C23H36N2O6. The van der Waals surface area contributed by atoms with Gasteiger partial charge in [0.2, 0.25) is 0 Å². The van der Waals surface area contributed by atoms with Crippen molar-refractivity contribution in [1.29, 1.82) is 0 Å². The minimum atomic E-state index is -0.594. The molecular weight excluding hydrogens is 400 g/mol. The zero-order valence-electron chi connectivity index (χ0n) is 19.5. The Kier molecular flexibility index (Phi) is 8.98. The highest BCUT2D eigenvalue weighted by atomic mass is 16.6. The number of likely N-dealkylation sites (tertiary alicyclic amines) is 1. The summed E-state index contributed by atoms with van der Waals surface area (Å²) in [5, 5.41) is 2.87. The topological polar surface area (TPSA) is 86.3 Å². The van der Waals surface area contributed by atoms with Crippen LogP contribution in [-0.2, 0) is 20.7 Å². The first-order chi connectivity index (χ1) is 14.7. The Bertz CT molecular complexity index is 746. The lowest BCUT2D eigenvalue weighted by Crippen LogP contribution is -2.54. The summed E-state index contributed by atoms with van der Waals surface area (Å²) in [6, 6.07) is 5.57. The van der Waals surface area contributed by atoms with E-state index in [1.807, 2.05) is 39.0 Å². The van der Waals surface area contributed by atoms with Crippen molar-refractivity contribution in [1.82, 2.24) is 10.2 Å². The van der Waals surface area contributed by atoms with Crippen LogP contribution >= 0.6 is 0 Å².